The fourth-order valence-corrected chi connectivity index (χ4v) is 1.10. The van der Waals surface area contributed by atoms with Crippen molar-refractivity contribution in [1.29, 1.82) is 0 Å². The normalized spacial score (nSPS) is 20.8. The Morgan fingerprint density at radius 3 is 3.07 bits per heavy atom. The van der Waals surface area contributed by atoms with Crippen molar-refractivity contribution in [2.75, 3.05) is 33.5 Å². The molecule has 0 aromatic carbocycles. The molecule has 1 unspecified atom stereocenters. The van der Waals surface area contributed by atoms with Crippen molar-refractivity contribution in [3.8, 4) is 0 Å². The molecule has 6 heteroatoms. The van der Waals surface area contributed by atoms with E-state index in [-0.39, 0.29) is 12.1 Å². The maximum atomic E-state index is 11.1. The van der Waals surface area contributed by atoms with Crippen LogP contribution >= 0.6 is 0 Å². The van der Waals surface area contributed by atoms with E-state index in [1.54, 1.807) is 7.11 Å². The minimum absolute atomic E-state index is 0.0982. The Bertz CT molecular complexity index is 171. The van der Waals surface area contributed by atoms with Crippen LogP contribution in [0.2, 0.25) is 0 Å². The Balaban J connectivity index is 1.98. The van der Waals surface area contributed by atoms with Crippen LogP contribution in [0.1, 0.15) is 6.42 Å². The topological polar surface area (TPSA) is 68.8 Å². The van der Waals surface area contributed by atoms with E-state index < -0.39 is 0 Å². The van der Waals surface area contributed by atoms with Crippen molar-refractivity contribution in [1.82, 2.24) is 10.8 Å². The van der Waals surface area contributed by atoms with Crippen molar-refractivity contribution in [2.24, 2.45) is 0 Å². The minimum atomic E-state index is -0.336. The van der Waals surface area contributed by atoms with Gasteiger partial charge in [-0.3, -0.25) is 4.84 Å². The molecule has 0 aromatic rings. The van der Waals surface area contributed by atoms with Gasteiger partial charge in [0, 0.05) is 13.7 Å². The van der Waals surface area contributed by atoms with E-state index in [2.05, 4.69) is 10.8 Å². The summed E-state index contributed by atoms with van der Waals surface area (Å²) < 4.78 is 9.84. The van der Waals surface area contributed by atoms with Crippen molar-refractivity contribution >= 4 is 6.03 Å². The molecule has 0 bridgehead atoms. The van der Waals surface area contributed by atoms with Gasteiger partial charge in [-0.15, -0.1) is 0 Å². The zero-order chi connectivity index (χ0) is 10.2. The molecule has 1 aliphatic heterocycles. The molecule has 1 fully saturated rings. The van der Waals surface area contributed by atoms with Gasteiger partial charge < -0.3 is 14.8 Å². The fraction of sp³-hybridized carbons (Fsp3) is 0.875. The zero-order valence-electron chi connectivity index (χ0n) is 8.25. The summed E-state index contributed by atoms with van der Waals surface area (Å²) in [4.78, 5) is 15.9. The van der Waals surface area contributed by atoms with Crippen molar-refractivity contribution < 1.29 is 19.1 Å². The summed E-state index contributed by atoms with van der Waals surface area (Å²) >= 11 is 0. The molecule has 1 atom stereocenters. The van der Waals surface area contributed by atoms with Crippen molar-refractivity contribution in [3.05, 3.63) is 0 Å². The lowest BCUT2D eigenvalue weighted by Crippen LogP contribution is -2.42. The quantitative estimate of drug-likeness (QED) is 0.474. The Labute approximate surface area is 82.8 Å². The van der Waals surface area contributed by atoms with Crippen LogP contribution in [0, 0.1) is 0 Å². The maximum Gasteiger partial charge on any atom is 0.339 e. The molecule has 2 N–H and O–H groups in total. The molecule has 1 aliphatic rings. The first-order valence-electron chi connectivity index (χ1n) is 4.58. The number of ether oxygens (including phenoxy) is 2. The smallest absolute Gasteiger partial charge is 0.339 e. The average Bonchev–Trinajstić information content (AvgIpc) is 2.65. The van der Waals surface area contributed by atoms with Gasteiger partial charge in [0.1, 0.15) is 0 Å². The molecule has 2 amide bonds. The fourth-order valence-electron chi connectivity index (χ4n) is 1.10. The molecule has 82 valence electrons. The lowest BCUT2D eigenvalue weighted by Gasteiger charge is -2.11. The second kappa shape index (κ2) is 6.58. The van der Waals surface area contributed by atoms with Crippen molar-refractivity contribution in [3.63, 3.8) is 0 Å². The highest BCUT2D eigenvalue weighted by Gasteiger charge is 2.17. The van der Waals surface area contributed by atoms with E-state index in [9.17, 15) is 4.79 Å². The van der Waals surface area contributed by atoms with Gasteiger partial charge in [-0.25, -0.2) is 10.3 Å². The summed E-state index contributed by atoms with van der Waals surface area (Å²) in [5.41, 5.74) is 2.26. The van der Waals surface area contributed by atoms with Gasteiger partial charge in [0.2, 0.25) is 0 Å². The van der Waals surface area contributed by atoms with Crippen LogP contribution in [0.4, 0.5) is 4.79 Å². The van der Waals surface area contributed by atoms with Gasteiger partial charge in [-0.2, -0.15) is 0 Å². The number of urea groups is 1. The molecule has 14 heavy (non-hydrogen) atoms. The first-order chi connectivity index (χ1) is 6.83. The summed E-state index contributed by atoms with van der Waals surface area (Å²) in [5, 5.41) is 2.71. The van der Waals surface area contributed by atoms with Gasteiger partial charge in [-0.05, 0) is 6.42 Å². The largest absolute Gasteiger partial charge is 0.382 e. The zero-order valence-corrected chi connectivity index (χ0v) is 8.25. The number of nitrogens with one attached hydrogen (secondary N) is 2. The van der Waals surface area contributed by atoms with Crippen LogP contribution in [-0.2, 0) is 14.3 Å². The van der Waals surface area contributed by atoms with Crippen LogP contribution in [0.15, 0.2) is 0 Å². The number of amides is 2. The highest BCUT2D eigenvalue weighted by atomic mass is 16.7. The third-order valence-corrected chi connectivity index (χ3v) is 1.82. The lowest BCUT2D eigenvalue weighted by molar-refractivity contribution is 0.0235. The lowest BCUT2D eigenvalue weighted by atomic mass is 10.3. The number of hydrogen-bond acceptors (Lipinski definition) is 4. The predicted octanol–water partition coefficient (Wildman–Crippen LogP) is -0.347. The Hall–Kier alpha value is -0.850. The Kier molecular flexibility index (Phi) is 5.28. The third-order valence-electron chi connectivity index (χ3n) is 1.82. The summed E-state index contributed by atoms with van der Waals surface area (Å²) in [6, 6.07) is -0.238. The Morgan fingerprint density at radius 2 is 2.43 bits per heavy atom. The number of carbonyl (C=O) groups is 1. The number of hydrogen-bond donors (Lipinski definition) is 2. The monoisotopic (exact) mass is 204 g/mol. The van der Waals surface area contributed by atoms with Gasteiger partial charge in [-0.1, -0.05) is 0 Å². The number of hydroxylamine groups is 1. The molecular weight excluding hydrogens is 188 g/mol. The van der Waals surface area contributed by atoms with E-state index in [1.165, 1.54) is 0 Å². The molecule has 0 radical (unpaired) electrons. The van der Waals surface area contributed by atoms with Crippen LogP contribution < -0.4 is 10.8 Å². The second-order valence-electron chi connectivity index (χ2n) is 2.98. The van der Waals surface area contributed by atoms with E-state index in [0.717, 1.165) is 6.42 Å². The molecule has 0 saturated carbocycles. The van der Waals surface area contributed by atoms with E-state index in [4.69, 9.17) is 14.3 Å². The molecule has 1 saturated heterocycles. The highest BCUT2D eigenvalue weighted by molar-refractivity contribution is 5.73. The summed E-state index contributed by atoms with van der Waals surface area (Å²) in [6.07, 6.45) is 0.853. The van der Waals surface area contributed by atoms with Gasteiger partial charge in [0.05, 0.1) is 25.9 Å². The average molecular weight is 204 g/mol. The van der Waals surface area contributed by atoms with Gasteiger partial charge in [0.25, 0.3) is 0 Å². The van der Waals surface area contributed by atoms with Crippen LogP contribution in [-0.4, -0.2) is 45.6 Å². The Morgan fingerprint density at radius 1 is 1.57 bits per heavy atom. The van der Waals surface area contributed by atoms with Crippen LogP contribution in [0.3, 0.4) is 0 Å². The van der Waals surface area contributed by atoms with E-state index >= 15 is 0 Å². The summed E-state index contributed by atoms with van der Waals surface area (Å²) in [6.45, 7) is 2.07. The maximum absolute atomic E-state index is 11.1. The molecule has 6 nitrogen and oxygen atoms in total. The highest BCUT2D eigenvalue weighted by Crippen LogP contribution is 2.02. The number of rotatable bonds is 5. The van der Waals surface area contributed by atoms with E-state index in [1.807, 2.05) is 0 Å². The molecule has 1 rings (SSSR count). The number of carbonyl (C=O) groups excluding carboxylic acids is 1. The molecule has 0 aromatic heterocycles. The SMILES string of the molecule is COCCONC(=O)NC1CCOC1. The molecular formula is C8H16N2O4. The predicted molar refractivity (Wildman–Crippen MR) is 48.7 cm³/mol. The first-order valence-corrected chi connectivity index (χ1v) is 4.58. The van der Waals surface area contributed by atoms with E-state index in [0.29, 0.717) is 26.4 Å². The van der Waals surface area contributed by atoms with Gasteiger partial charge >= 0.3 is 6.03 Å². The molecule has 0 spiro atoms. The minimum Gasteiger partial charge on any atom is -0.382 e. The number of methoxy groups -OCH3 is 1. The van der Waals surface area contributed by atoms with Crippen LogP contribution in [0.25, 0.3) is 0 Å². The van der Waals surface area contributed by atoms with Gasteiger partial charge in [0.15, 0.2) is 0 Å². The molecule has 0 aliphatic carbocycles. The molecule has 1 heterocycles. The first kappa shape index (κ1) is 11.2. The van der Waals surface area contributed by atoms with Crippen LogP contribution in [0.5, 0.6) is 0 Å². The second-order valence-corrected chi connectivity index (χ2v) is 2.98. The third kappa shape index (κ3) is 4.40. The summed E-state index contributed by atoms with van der Waals surface area (Å²) in [5.74, 6) is 0. The van der Waals surface area contributed by atoms with Crippen molar-refractivity contribution in [2.45, 2.75) is 12.5 Å². The standard InChI is InChI=1S/C8H16N2O4/c1-12-4-5-14-10-8(11)9-7-2-3-13-6-7/h7H,2-6H2,1H3,(H2,9,10,11). The summed E-state index contributed by atoms with van der Waals surface area (Å²) in [7, 11) is 1.57.